The van der Waals surface area contributed by atoms with Crippen LogP contribution in [0, 0.1) is 12.3 Å². The molecule has 8 heteroatoms. The SMILES string of the molecule is C#CC1=CCN(S(=O)(=O)C[C@@]2(C)NC(=O)NC2=O)CC1. The fourth-order valence-corrected chi connectivity index (χ4v) is 3.96. The van der Waals surface area contributed by atoms with E-state index in [1.54, 1.807) is 6.08 Å². The van der Waals surface area contributed by atoms with Crippen LogP contribution in [0.15, 0.2) is 11.6 Å². The number of urea groups is 1. The van der Waals surface area contributed by atoms with E-state index in [0.29, 0.717) is 6.42 Å². The highest BCUT2D eigenvalue weighted by molar-refractivity contribution is 7.89. The zero-order valence-corrected chi connectivity index (χ0v) is 11.8. The number of carbonyl (C=O) groups is 2. The van der Waals surface area contributed by atoms with Crippen LogP contribution in [-0.2, 0) is 14.8 Å². The zero-order valence-electron chi connectivity index (χ0n) is 11.0. The van der Waals surface area contributed by atoms with E-state index in [9.17, 15) is 18.0 Å². The van der Waals surface area contributed by atoms with Gasteiger partial charge < -0.3 is 5.32 Å². The number of hydrogen-bond donors (Lipinski definition) is 2. The van der Waals surface area contributed by atoms with Crippen LogP contribution in [0.2, 0.25) is 0 Å². The van der Waals surface area contributed by atoms with Gasteiger partial charge in [0, 0.05) is 18.7 Å². The van der Waals surface area contributed by atoms with Crippen molar-refractivity contribution in [2.45, 2.75) is 18.9 Å². The van der Waals surface area contributed by atoms with Crippen molar-refractivity contribution in [3.63, 3.8) is 0 Å². The van der Waals surface area contributed by atoms with E-state index >= 15 is 0 Å². The highest BCUT2D eigenvalue weighted by atomic mass is 32.2. The van der Waals surface area contributed by atoms with E-state index in [2.05, 4.69) is 11.2 Å². The van der Waals surface area contributed by atoms with Crippen molar-refractivity contribution in [3.8, 4) is 12.3 Å². The molecule has 2 heterocycles. The normalized spacial score (nSPS) is 27.5. The molecule has 0 aromatic rings. The van der Waals surface area contributed by atoms with Gasteiger partial charge in [0.2, 0.25) is 10.0 Å². The first-order chi connectivity index (χ1) is 9.27. The minimum atomic E-state index is -3.67. The van der Waals surface area contributed by atoms with Crippen LogP contribution < -0.4 is 10.6 Å². The van der Waals surface area contributed by atoms with E-state index in [0.717, 1.165) is 5.57 Å². The maximum absolute atomic E-state index is 12.3. The predicted octanol–water partition coefficient (Wildman–Crippen LogP) is -0.820. The van der Waals surface area contributed by atoms with Crippen LogP contribution in [0.3, 0.4) is 0 Å². The number of carbonyl (C=O) groups excluding carboxylic acids is 2. The van der Waals surface area contributed by atoms with Crippen LogP contribution in [0.4, 0.5) is 4.79 Å². The van der Waals surface area contributed by atoms with Gasteiger partial charge in [0.25, 0.3) is 5.91 Å². The molecular weight excluding hydrogens is 282 g/mol. The Kier molecular flexibility index (Phi) is 3.58. The number of imide groups is 1. The molecule has 0 aliphatic carbocycles. The highest BCUT2D eigenvalue weighted by Gasteiger charge is 2.46. The molecule has 2 aliphatic heterocycles. The Morgan fingerprint density at radius 2 is 2.20 bits per heavy atom. The van der Waals surface area contributed by atoms with E-state index < -0.39 is 33.3 Å². The monoisotopic (exact) mass is 297 g/mol. The van der Waals surface area contributed by atoms with Crippen molar-refractivity contribution in [1.29, 1.82) is 0 Å². The molecule has 0 spiro atoms. The molecule has 7 nitrogen and oxygen atoms in total. The van der Waals surface area contributed by atoms with Gasteiger partial charge >= 0.3 is 6.03 Å². The average Bonchev–Trinajstić information content (AvgIpc) is 2.61. The molecule has 0 bridgehead atoms. The van der Waals surface area contributed by atoms with Crippen LogP contribution in [-0.4, -0.2) is 49.0 Å². The number of nitrogens with one attached hydrogen (secondary N) is 2. The van der Waals surface area contributed by atoms with Gasteiger partial charge in [-0.1, -0.05) is 12.0 Å². The van der Waals surface area contributed by atoms with E-state index in [4.69, 9.17) is 6.42 Å². The molecule has 1 fully saturated rings. The summed E-state index contributed by atoms with van der Waals surface area (Å²) in [5, 5.41) is 4.38. The van der Waals surface area contributed by atoms with Crippen molar-refractivity contribution >= 4 is 22.0 Å². The molecule has 108 valence electrons. The number of terminal acetylenes is 1. The smallest absolute Gasteiger partial charge is 0.322 e. The topological polar surface area (TPSA) is 95.6 Å². The minimum absolute atomic E-state index is 0.188. The van der Waals surface area contributed by atoms with Crippen molar-refractivity contribution < 1.29 is 18.0 Å². The summed E-state index contributed by atoms with van der Waals surface area (Å²) in [6.45, 7) is 1.86. The fourth-order valence-electron chi connectivity index (χ4n) is 2.17. The van der Waals surface area contributed by atoms with E-state index in [-0.39, 0.29) is 13.1 Å². The molecule has 2 N–H and O–H groups in total. The summed E-state index contributed by atoms with van der Waals surface area (Å²) in [5.41, 5.74) is -0.666. The Morgan fingerprint density at radius 3 is 2.65 bits per heavy atom. The Labute approximate surface area is 117 Å². The lowest BCUT2D eigenvalue weighted by atomic mass is 10.1. The van der Waals surface area contributed by atoms with Gasteiger partial charge in [-0.25, -0.2) is 13.2 Å². The van der Waals surface area contributed by atoms with Gasteiger partial charge in [-0.05, 0) is 13.3 Å². The molecular formula is C12H15N3O4S. The quantitative estimate of drug-likeness (QED) is 0.525. The summed E-state index contributed by atoms with van der Waals surface area (Å²) in [6, 6.07) is -0.680. The summed E-state index contributed by atoms with van der Waals surface area (Å²) in [5.74, 6) is 1.38. The molecule has 1 atom stereocenters. The summed E-state index contributed by atoms with van der Waals surface area (Å²) < 4.78 is 25.9. The molecule has 0 aromatic carbocycles. The van der Waals surface area contributed by atoms with Crippen LogP contribution in [0.5, 0.6) is 0 Å². The number of rotatable bonds is 3. The van der Waals surface area contributed by atoms with Gasteiger partial charge in [-0.2, -0.15) is 4.31 Å². The third-order valence-corrected chi connectivity index (χ3v) is 5.40. The molecule has 3 amide bonds. The van der Waals surface area contributed by atoms with Crippen LogP contribution in [0.25, 0.3) is 0 Å². The number of hydrogen-bond acceptors (Lipinski definition) is 4. The number of sulfonamides is 1. The molecule has 0 aromatic heterocycles. The Balaban J connectivity index is 2.13. The second kappa shape index (κ2) is 4.92. The summed E-state index contributed by atoms with van der Waals surface area (Å²) >= 11 is 0. The van der Waals surface area contributed by atoms with Gasteiger partial charge in [-0.15, -0.1) is 6.42 Å². The third-order valence-electron chi connectivity index (χ3n) is 3.34. The van der Waals surface area contributed by atoms with Crippen molar-refractivity contribution in [1.82, 2.24) is 14.9 Å². The Bertz CT molecular complexity index is 632. The van der Waals surface area contributed by atoms with Crippen LogP contribution in [0.1, 0.15) is 13.3 Å². The molecule has 0 unspecified atom stereocenters. The van der Waals surface area contributed by atoms with Crippen molar-refractivity contribution in [2.24, 2.45) is 0 Å². The lowest BCUT2D eigenvalue weighted by Crippen LogP contribution is -2.52. The first-order valence-electron chi connectivity index (χ1n) is 6.04. The molecule has 2 rings (SSSR count). The molecule has 20 heavy (non-hydrogen) atoms. The van der Waals surface area contributed by atoms with Crippen LogP contribution >= 0.6 is 0 Å². The molecule has 2 aliphatic rings. The van der Waals surface area contributed by atoms with E-state index in [1.165, 1.54) is 11.2 Å². The van der Waals surface area contributed by atoms with Gasteiger partial charge in [-0.3, -0.25) is 10.1 Å². The average molecular weight is 297 g/mol. The number of nitrogens with zero attached hydrogens (tertiary/aromatic N) is 1. The standard InChI is InChI=1S/C12H15N3O4S/c1-3-9-4-6-15(7-5-9)20(18,19)8-12(2)10(16)13-11(17)14-12/h1,4H,5-8H2,2H3,(H2,13,14,16,17)/t12-/m1/s1. The maximum atomic E-state index is 12.3. The highest BCUT2D eigenvalue weighted by Crippen LogP contribution is 2.19. The summed E-state index contributed by atoms with van der Waals surface area (Å²) in [4.78, 5) is 22.8. The zero-order chi connectivity index (χ0) is 15.0. The first kappa shape index (κ1) is 14.6. The summed E-state index contributed by atoms with van der Waals surface area (Å²) in [6.07, 6.45) is 7.41. The number of amides is 3. The minimum Gasteiger partial charge on any atom is -0.322 e. The molecule has 1 saturated heterocycles. The largest absolute Gasteiger partial charge is 0.322 e. The van der Waals surface area contributed by atoms with Gasteiger partial charge in [0.1, 0.15) is 5.54 Å². The molecule has 0 saturated carbocycles. The summed E-state index contributed by atoms with van der Waals surface area (Å²) in [7, 11) is -3.67. The Morgan fingerprint density at radius 1 is 1.50 bits per heavy atom. The van der Waals surface area contributed by atoms with E-state index in [1.807, 2.05) is 5.32 Å². The second-order valence-electron chi connectivity index (χ2n) is 4.98. The van der Waals surface area contributed by atoms with Crippen molar-refractivity contribution in [2.75, 3.05) is 18.8 Å². The predicted molar refractivity (Wildman–Crippen MR) is 72.0 cm³/mol. The van der Waals surface area contributed by atoms with Crippen molar-refractivity contribution in [3.05, 3.63) is 11.6 Å². The lowest BCUT2D eigenvalue weighted by Gasteiger charge is -2.28. The lowest BCUT2D eigenvalue weighted by molar-refractivity contribution is -0.122. The van der Waals surface area contributed by atoms with Gasteiger partial charge in [0.15, 0.2) is 0 Å². The third kappa shape index (κ3) is 2.69. The maximum Gasteiger partial charge on any atom is 0.322 e. The van der Waals surface area contributed by atoms with Gasteiger partial charge in [0.05, 0.1) is 5.75 Å². The molecule has 0 radical (unpaired) electrons. The second-order valence-corrected chi connectivity index (χ2v) is 6.95. The Hall–Kier alpha value is -1.85. The fraction of sp³-hybridized carbons (Fsp3) is 0.500. The first-order valence-corrected chi connectivity index (χ1v) is 7.65.